The zero-order valence-corrected chi connectivity index (χ0v) is 19.1. The fourth-order valence-corrected chi connectivity index (χ4v) is 3.67. The zero-order valence-electron chi connectivity index (χ0n) is 19.1. The third kappa shape index (κ3) is 4.85. The van der Waals surface area contributed by atoms with Gasteiger partial charge in [-0.1, -0.05) is 6.92 Å². The first-order valence-corrected chi connectivity index (χ1v) is 10.4. The van der Waals surface area contributed by atoms with Gasteiger partial charge in [0.1, 0.15) is 23.8 Å². The van der Waals surface area contributed by atoms with E-state index < -0.39 is 6.04 Å². The number of likely N-dealkylation sites (N-methyl/N-ethyl adjacent to an activating group) is 1. The van der Waals surface area contributed by atoms with Crippen LogP contribution in [0.4, 0.5) is 0 Å². The van der Waals surface area contributed by atoms with Crippen molar-refractivity contribution in [3.63, 3.8) is 0 Å². The van der Waals surface area contributed by atoms with E-state index in [1.54, 1.807) is 35.3 Å². The Hall–Kier alpha value is -3.55. The molecule has 1 aliphatic rings. The number of carbonyl (C=O) groups excluding carboxylic acids is 2. The highest BCUT2D eigenvalue weighted by molar-refractivity contribution is 6.03. The first kappa shape index (κ1) is 23.1. The molecule has 0 bridgehead atoms. The van der Waals surface area contributed by atoms with Crippen molar-refractivity contribution >= 4 is 17.5 Å². The second-order valence-corrected chi connectivity index (χ2v) is 7.44. The number of hydrazone groups is 1. The summed E-state index contributed by atoms with van der Waals surface area (Å²) in [4.78, 5) is 26.7. The summed E-state index contributed by atoms with van der Waals surface area (Å²) in [5, 5.41) is 6.12. The second kappa shape index (κ2) is 10.2. The fourth-order valence-electron chi connectivity index (χ4n) is 3.67. The van der Waals surface area contributed by atoms with Crippen molar-refractivity contribution in [2.75, 3.05) is 34.9 Å². The van der Waals surface area contributed by atoms with Crippen LogP contribution in [0.1, 0.15) is 36.9 Å². The van der Waals surface area contributed by atoms with E-state index >= 15 is 0 Å². The molecule has 3 rings (SSSR count). The van der Waals surface area contributed by atoms with E-state index in [9.17, 15) is 9.59 Å². The van der Waals surface area contributed by atoms with Gasteiger partial charge in [0.25, 0.3) is 5.91 Å². The summed E-state index contributed by atoms with van der Waals surface area (Å²) in [6.07, 6.45) is 0.824. The molecule has 0 fully saturated rings. The molecule has 2 aromatic carbocycles. The smallest absolute Gasteiger partial charge is 0.262 e. The van der Waals surface area contributed by atoms with Crippen LogP contribution in [0.2, 0.25) is 0 Å². The minimum Gasteiger partial charge on any atom is -0.497 e. The molecule has 8 nitrogen and oxygen atoms in total. The van der Waals surface area contributed by atoms with Gasteiger partial charge in [0, 0.05) is 25.5 Å². The molecule has 0 spiro atoms. The molecule has 0 aliphatic carbocycles. The maximum absolute atomic E-state index is 13.2. The number of ether oxygens (including phenoxy) is 3. The summed E-state index contributed by atoms with van der Waals surface area (Å²) in [5.41, 5.74) is 2.45. The van der Waals surface area contributed by atoms with Gasteiger partial charge in [0.05, 0.1) is 33.1 Å². The summed E-state index contributed by atoms with van der Waals surface area (Å²) < 4.78 is 16.2. The van der Waals surface area contributed by atoms with Crippen molar-refractivity contribution in [3.05, 3.63) is 53.6 Å². The van der Waals surface area contributed by atoms with Gasteiger partial charge in [-0.3, -0.25) is 9.59 Å². The van der Waals surface area contributed by atoms with E-state index in [1.807, 2.05) is 42.5 Å². The van der Waals surface area contributed by atoms with Crippen LogP contribution in [-0.4, -0.2) is 62.4 Å². The van der Waals surface area contributed by atoms with E-state index in [1.165, 1.54) is 9.91 Å². The van der Waals surface area contributed by atoms with Crippen LogP contribution in [0, 0.1) is 0 Å². The molecule has 2 aromatic rings. The lowest BCUT2D eigenvalue weighted by atomic mass is 9.97. The molecule has 170 valence electrons. The molecule has 32 heavy (non-hydrogen) atoms. The van der Waals surface area contributed by atoms with Gasteiger partial charge in [-0.05, 0) is 48.0 Å². The van der Waals surface area contributed by atoms with Crippen LogP contribution in [0.5, 0.6) is 17.2 Å². The molecule has 8 heteroatoms. The van der Waals surface area contributed by atoms with Crippen molar-refractivity contribution in [2.24, 2.45) is 5.10 Å². The molecular formula is C24H29N3O5. The molecule has 0 radical (unpaired) electrons. The summed E-state index contributed by atoms with van der Waals surface area (Å²) >= 11 is 0. The zero-order chi connectivity index (χ0) is 23.3. The Morgan fingerprint density at radius 2 is 1.69 bits per heavy atom. The predicted octanol–water partition coefficient (Wildman–Crippen LogP) is 3.26. The van der Waals surface area contributed by atoms with Crippen LogP contribution < -0.4 is 14.2 Å². The molecule has 0 N–H and O–H groups in total. The molecule has 2 amide bonds. The van der Waals surface area contributed by atoms with Gasteiger partial charge in [0.15, 0.2) is 0 Å². The monoisotopic (exact) mass is 439 g/mol. The minimum absolute atomic E-state index is 0.0607. The molecule has 1 unspecified atom stereocenters. The highest BCUT2D eigenvalue weighted by atomic mass is 16.5. The Balaban J connectivity index is 1.99. The van der Waals surface area contributed by atoms with Gasteiger partial charge < -0.3 is 19.1 Å². The van der Waals surface area contributed by atoms with E-state index in [0.717, 1.165) is 22.6 Å². The average molecular weight is 440 g/mol. The Kier molecular flexibility index (Phi) is 7.35. The van der Waals surface area contributed by atoms with Gasteiger partial charge >= 0.3 is 0 Å². The lowest BCUT2D eigenvalue weighted by molar-refractivity contribution is -0.140. The highest BCUT2D eigenvalue weighted by Crippen LogP contribution is 2.39. The summed E-state index contributed by atoms with van der Waals surface area (Å²) in [6, 6.07) is 12.6. The molecule has 1 aliphatic heterocycles. The Morgan fingerprint density at radius 1 is 1.03 bits per heavy atom. The Morgan fingerprint density at radius 3 is 2.28 bits per heavy atom. The van der Waals surface area contributed by atoms with Crippen molar-refractivity contribution in [1.29, 1.82) is 0 Å². The number of methoxy groups -OCH3 is 3. The van der Waals surface area contributed by atoms with Crippen LogP contribution in [0.25, 0.3) is 0 Å². The summed E-state index contributed by atoms with van der Waals surface area (Å²) in [7, 11) is 6.41. The largest absolute Gasteiger partial charge is 0.497 e. The Labute approximate surface area is 188 Å². The first-order valence-electron chi connectivity index (χ1n) is 10.4. The van der Waals surface area contributed by atoms with Gasteiger partial charge in [-0.15, -0.1) is 0 Å². The number of hydrogen-bond acceptors (Lipinski definition) is 6. The molecular weight excluding hydrogens is 410 g/mol. The topological polar surface area (TPSA) is 80.7 Å². The van der Waals surface area contributed by atoms with Crippen molar-refractivity contribution in [3.8, 4) is 17.2 Å². The number of nitrogens with zero attached hydrogens (tertiary/aromatic N) is 3. The van der Waals surface area contributed by atoms with E-state index in [0.29, 0.717) is 24.3 Å². The standard InChI is InChI=1S/C24H29N3O5/c1-6-23(28)26(2)15-24(29)27-21(19-13-18(31-4)11-12-22(19)32-5)14-20(25-27)16-7-9-17(30-3)10-8-16/h7-13,21H,6,14-15H2,1-5H3. The molecule has 1 heterocycles. The van der Waals surface area contributed by atoms with E-state index in [-0.39, 0.29) is 18.4 Å². The number of carbonyl (C=O) groups is 2. The van der Waals surface area contributed by atoms with Crippen LogP contribution in [0.15, 0.2) is 47.6 Å². The first-order chi connectivity index (χ1) is 15.4. The van der Waals surface area contributed by atoms with Gasteiger partial charge in [-0.25, -0.2) is 5.01 Å². The number of amides is 2. The van der Waals surface area contributed by atoms with E-state index in [2.05, 4.69) is 5.10 Å². The molecule has 0 saturated heterocycles. The highest BCUT2D eigenvalue weighted by Gasteiger charge is 2.35. The Bertz CT molecular complexity index is 1000. The van der Waals surface area contributed by atoms with Gasteiger partial charge in [0.2, 0.25) is 5.91 Å². The van der Waals surface area contributed by atoms with Crippen molar-refractivity contribution in [2.45, 2.75) is 25.8 Å². The maximum atomic E-state index is 13.2. The fraction of sp³-hybridized carbons (Fsp3) is 0.375. The second-order valence-electron chi connectivity index (χ2n) is 7.44. The lowest BCUT2D eigenvalue weighted by Gasteiger charge is -2.26. The summed E-state index contributed by atoms with van der Waals surface area (Å²) in [6.45, 7) is 1.71. The van der Waals surface area contributed by atoms with Crippen LogP contribution >= 0.6 is 0 Å². The minimum atomic E-state index is -0.394. The normalized spacial score (nSPS) is 15.2. The van der Waals surface area contributed by atoms with E-state index in [4.69, 9.17) is 14.2 Å². The third-order valence-electron chi connectivity index (χ3n) is 5.49. The van der Waals surface area contributed by atoms with Crippen molar-refractivity contribution in [1.82, 2.24) is 9.91 Å². The molecule has 0 aromatic heterocycles. The SMILES string of the molecule is CCC(=O)N(C)CC(=O)N1N=C(c2ccc(OC)cc2)CC1c1cc(OC)ccc1OC. The average Bonchev–Trinajstić information content (AvgIpc) is 3.28. The maximum Gasteiger partial charge on any atom is 0.262 e. The number of hydrogen-bond donors (Lipinski definition) is 0. The summed E-state index contributed by atoms with van der Waals surface area (Å²) in [5.74, 6) is 1.66. The molecule has 1 atom stereocenters. The van der Waals surface area contributed by atoms with Crippen LogP contribution in [0.3, 0.4) is 0 Å². The number of benzene rings is 2. The predicted molar refractivity (Wildman–Crippen MR) is 121 cm³/mol. The lowest BCUT2D eigenvalue weighted by Crippen LogP contribution is -2.39. The van der Waals surface area contributed by atoms with Gasteiger partial charge in [-0.2, -0.15) is 5.10 Å². The third-order valence-corrected chi connectivity index (χ3v) is 5.49. The molecule has 0 saturated carbocycles. The quantitative estimate of drug-likeness (QED) is 0.631. The van der Waals surface area contributed by atoms with Crippen LogP contribution in [-0.2, 0) is 9.59 Å². The number of rotatable bonds is 8. The van der Waals surface area contributed by atoms with Crippen molar-refractivity contribution < 1.29 is 23.8 Å².